The topological polar surface area (TPSA) is 63.7 Å². The lowest BCUT2D eigenvalue weighted by molar-refractivity contribution is 0.0953. The van der Waals surface area contributed by atoms with Gasteiger partial charge in [0.2, 0.25) is 0 Å². The van der Waals surface area contributed by atoms with Crippen LogP contribution in [0.15, 0.2) is 48.8 Å². The van der Waals surface area contributed by atoms with E-state index < -0.39 is 6.09 Å². The molecule has 2 aromatic rings. The second-order valence-corrected chi connectivity index (χ2v) is 5.37. The molecular weight excluding hydrogens is 384 g/mol. The lowest BCUT2D eigenvalue weighted by Crippen LogP contribution is -2.56. The summed E-state index contributed by atoms with van der Waals surface area (Å²) >= 11 is 0. The Morgan fingerprint density at radius 2 is 2.00 bits per heavy atom. The summed E-state index contributed by atoms with van der Waals surface area (Å²) in [5.74, 6) is 0.585. The van der Waals surface area contributed by atoms with Gasteiger partial charge in [0, 0.05) is 25.8 Å². The van der Waals surface area contributed by atoms with Gasteiger partial charge < -0.3 is 14.8 Å². The summed E-state index contributed by atoms with van der Waals surface area (Å²) in [5.41, 5.74) is 0. The molecule has 1 aromatic heterocycles. The van der Waals surface area contributed by atoms with Gasteiger partial charge in [-0.25, -0.2) is 9.18 Å². The van der Waals surface area contributed by atoms with Crippen LogP contribution in [0, 0.1) is 5.82 Å². The fourth-order valence-electron chi connectivity index (χ4n) is 2.44. The van der Waals surface area contributed by atoms with Crippen molar-refractivity contribution in [1.29, 1.82) is 0 Å². The molecule has 0 saturated carbocycles. The number of carbonyl (C=O) groups is 1. The zero-order valence-electron chi connectivity index (χ0n) is 13.8. The van der Waals surface area contributed by atoms with E-state index in [9.17, 15) is 9.18 Å². The summed E-state index contributed by atoms with van der Waals surface area (Å²) in [6.45, 7) is 2.14. The van der Waals surface area contributed by atoms with Crippen LogP contribution < -0.4 is 14.8 Å². The number of nitrogens with one attached hydrogen (secondary N) is 1. The Hall–Kier alpha value is -2.09. The summed E-state index contributed by atoms with van der Waals surface area (Å²) in [7, 11) is 0. The predicted octanol–water partition coefficient (Wildman–Crippen LogP) is 2.92. The van der Waals surface area contributed by atoms with E-state index in [0.717, 1.165) is 0 Å². The number of pyridine rings is 1. The smallest absolute Gasteiger partial charge is 0.415 e. The molecule has 0 radical (unpaired) electrons. The highest BCUT2D eigenvalue weighted by atomic mass is 35.5. The molecule has 2 heterocycles. The highest BCUT2D eigenvalue weighted by molar-refractivity contribution is 5.85. The van der Waals surface area contributed by atoms with Crippen LogP contribution in [0.3, 0.4) is 0 Å². The molecule has 3 rings (SSSR count). The number of rotatable bonds is 4. The highest BCUT2D eigenvalue weighted by Gasteiger charge is 2.28. The number of nitrogens with zero attached hydrogens (tertiary/aromatic N) is 2. The van der Waals surface area contributed by atoms with E-state index in [0.29, 0.717) is 37.7 Å². The fourth-order valence-corrected chi connectivity index (χ4v) is 2.44. The maximum absolute atomic E-state index is 12.9. The molecule has 6 nitrogen and oxygen atoms in total. The molecule has 26 heavy (non-hydrogen) atoms. The molecule has 9 heteroatoms. The minimum atomic E-state index is -0.470. The molecule has 1 aliphatic heterocycles. The number of carbonyl (C=O) groups excluding carboxylic acids is 1. The first kappa shape index (κ1) is 22.0. The zero-order chi connectivity index (χ0) is 16.8. The Labute approximate surface area is 163 Å². The molecular formula is C17H20Cl2FN3O3. The van der Waals surface area contributed by atoms with Gasteiger partial charge in [0.05, 0.1) is 12.2 Å². The Balaban J connectivity index is 0.00000169. The van der Waals surface area contributed by atoms with Crippen molar-refractivity contribution in [2.45, 2.75) is 6.04 Å². The lowest BCUT2D eigenvalue weighted by atomic mass is 10.2. The van der Waals surface area contributed by atoms with Crippen LogP contribution in [0.4, 0.5) is 9.18 Å². The Kier molecular flexibility index (Phi) is 9.12. The quantitative estimate of drug-likeness (QED) is 0.849. The fraction of sp³-hybridized carbons (Fsp3) is 0.294. The lowest BCUT2D eigenvalue weighted by Gasteiger charge is -2.35. The van der Waals surface area contributed by atoms with Gasteiger partial charge in [0.25, 0.3) is 0 Å². The van der Waals surface area contributed by atoms with E-state index in [-0.39, 0.29) is 36.7 Å². The first-order chi connectivity index (χ1) is 11.7. The third-order valence-electron chi connectivity index (χ3n) is 3.68. The first-order valence-corrected chi connectivity index (χ1v) is 7.70. The average Bonchev–Trinajstić information content (AvgIpc) is 2.63. The second kappa shape index (κ2) is 10.8. The second-order valence-electron chi connectivity index (χ2n) is 5.37. The number of hydrogen-bond donors (Lipinski definition) is 1. The van der Waals surface area contributed by atoms with Crippen LogP contribution in [-0.2, 0) is 0 Å². The van der Waals surface area contributed by atoms with Crippen LogP contribution >= 0.6 is 24.8 Å². The number of amides is 1. The molecule has 1 saturated heterocycles. The summed E-state index contributed by atoms with van der Waals surface area (Å²) < 4.78 is 23.9. The van der Waals surface area contributed by atoms with Crippen molar-refractivity contribution in [1.82, 2.24) is 15.2 Å². The Bertz CT molecular complexity index is 677. The van der Waals surface area contributed by atoms with E-state index in [2.05, 4.69) is 10.3 Å². The van der Waals surface area contributed by atoms with Gasteiger partial charge in [-0.3, -0.25) is 9.88 Å². The molecule has 1 aliphatic rings. The van der Waals surface area contributed by atoms with Gasteiger partial charge in [-0.05, 0) is 36.4 Å². The molecule has 1 aromatic carbocycles. The average molecular weight is 404 g/mol. The molecule has 0 bridgehead atoms. The number of aromatic nitrogens is 1. The normalized spacial score (nSPS) is 16.0. The van der Waals surface area contributed by atoms with Gasteiger partial charge in [-0.2, -0.15) is 0 Å². The van der Waals surface area contributed by atoms with Crippen molar-refractivity contribution >= 4 is 30.9 Å². The maximum atomic E-state index is 12.9. The van der Waals surface area contributed by atoms with Gasteiger partial charge >= 0.3 is 6.09 Å². The van der Waals surface area contributed by atoms with Crippen molar-refractivity contribution in [2.75, 3.05) is 26.2 Å². The monoisotopic (exact) mass is 403 g/mol. The van der Waals surface area contributed by atoms with Crippen LogP contribution in [0.2, 0.25) is 0 Å². The summed E-state index contributed by atoms with van der Waals surface area (Å²) in [5, 5.41) is 3.23. The van der Waals surface area contributed by atoms with E-state index in [1.54, 1.807) is 23.4 Å². The largest absolute Gasteiger partial charge is 0.490 e. The molecule has 1 amide bonds. The van der Waals surface area contributed by atoms with Crippen molar-refractivity contribution in [3.63, 3.8) is 0 Å². The van der Waals surface area contributed by atoms with Crippen molar-refractivity contribution in [2.24, 2.45) is 0 Å². The van der Waals surface area contributed by atoms with E-state index in [1.165, 1.54) is 24.3 Å². The Morgan fingerprint density at radius 1 is 1.23 bits per heavy atom. The van der Waals surface area contributed by atoms with Gasteiger partial charge in [0.15, 0.2) is 0 Å². The molecule has 0 aliphatic carbocycles. The van der Waals surface area contributed by atoms with E-state index in [4.69, 9.17) is 9.47 Å². The summed E-state index contributed by atoms with van der Waals surface area (Å²) in [6.07, 6.45) is 2.82. The van der Waals surface area contributed by atoms with Crippen molar-refractivity contribution in [3.05, 3.63) is 54.6 Å². The molecule has 1 unspecified atom stereocenters. The van der Waals surface area contributed by atoms with Crippen LogP contribution in [0.5, 0.6) is 11.5 Å². The number of halogens is 3. The third-order valence-corrected chi connectivity index (χ3v) is 3.68. The number of ether oxygens (including phenoxy) is 2. The van der Waals surface area contributed by atoms with Gasteiger partial charge in [-0.15, -0.1) is 24.8 Å². The third kappa shape index (κ3) is 6.01. The number of benzene rings is 1. The molecule has 142 valence electrons. The molecule has 1 fully saturated rings. The first-order valence-electron chi connectivity index (χ1n) is 7.70. The summed E-state index contributed by atoms with van der Waals surface area (Å²) in [6, 6.07) is 8.80. The van der Waals surface area contributed by atoms with Crippen molar-refractivity contribution in [3.8, 4) is 11.5 Å². The molecule has 1 N–H and O–H groups in total. The van der Waals surface area contributed by atoms with E-state index in [1.807, 2.05) is 6.07 Å². The SMILES string of the molecule is Cl.Cl.O=C(Oc1ccc(F)cc1)N1CCNCC1COc1cccnc1. The minimum Gasteiger partial charge on any atom is -0.490 e. The zero-order valence-corrected chi connectivity index (χ0v) is 15.5. The van der Waals surface area contributed by atoms with E-state index >= 15 is 0 Å². The van der Waals surface area contributed by atoms with Crippen LogP contribution in [-0.4, -0.2) is 48.3 Å². The standard InChI is InChI=1S/C17H18FN3O3.2ClH/c18-13-3-5-15(6-4-13)24-17(22)21-9-8-20-10-14(21)12-23-16-2-1-7-19-11-16;;/h1-7,11,14,20H,8-10,12H2;2*1H. The number of piperazine rings is 1. The minimum absolute atomic E-state index is 0. The maximum Gasteiger partial charge on any atom is 0.415 e. The van der Waals surface area contributed by atoms with Gasteiger partial charge in [-0.1, -0.05) is 0 Å². The predicted molar refractivity (Wildman–Crippen MR) is 100 cm³/mol. The molecule has 1 atom stereocenters. The molecule has 0 spiro atoms. The number of hydrogen-bond acceptors (Lipinski definition) is 5. The van der Waals surface area contributed by atoms with Crippen molar-refractivity contribution < 1.29 is 18.7 Å². The Morgan fingerprint density at radius 3 is 2.69 bits per heavy atom. The van der Waals surface area contributed by atoms with Crippen LogP contribution in [0.1, 0.15) is 0 Å². The highest BCUT2D eigenvalue weighted by Crippen LogP contribution is 2.15. The summed E-state index contributed by atoms with van der Waals surface area (Å²) in [4.78, 5) is 18.0. The van der Waals surface area contributed by atoms with Gasteiger partial charge in [0.1, 0.15) is 23.9 Å². The van der Waals surface area contributed by atoms with Crippen LogP contribution in [0.25, 0.3) is 0 Å².